The molecule has 2 rings (SSSR count). The normalized spacial score (nSPS) is 10.3. The summed E-state index contributed by atoms with van der Waals surface area (Å²) in [4.78, 5) is 0.584. The summed E-state index contributed by atoms with van der Waals surface area (Å²) >= 11 is 4.84. The Hall–Kier alpha value is -1.87. The van der Waals surface area contributed by atoms with Crippen LogP contribution in [0.15, 0.2) is 54.6 Å². The molecule has 0 spiro atoms. The van der Waals surface area contributed by atoms with E-state index in [1.54, 1.807) is 0 Å². The molecule has 0 aliphatic rings. The molecular formula is C18H21NOS. The van der Waals surface area contributed by atoms with Gasteiger partial charge in [-0.05, 0) is 48.9 Å². The standard InChI is InChI=1S/C18H21NOS/c19-18(21)8-4-5-13-20-17-11-9-16(10-12-17)14-15-6-2-1-3-7-15/h1-3,6-7,9-12H,4-5,8,13-14H2,(H2,19,21). The first-order valence-corrected chi connectivity index (χ1v) is 7.69. The highest BCUT2D eigenvalue weighted by Crippen LogP contribution is 2.15. The molecule has 0 saturated heterocycles. The maximum atomic E-state index is 5.71. The van der Waals surface area contributed by atoms with Crippen molar-refractivity contribution in [3.63, 3.8) is 0 Å². The summed E-state index contributed by atoms with van der Waals surface area (Å²) in [5.41, 5.74) is 8.07. The van der Waals surface area contributed by atoms with Gasteiger partial charge in [0.1, 0.15) is 5.75 Å². The van der Waals surface area contributed by atoms with Gasteiger partial charge in [0.25, 0.3) is 0 Å². The van der Waals surface area contributed by atoms with E-state index in [2.05, 4.69) is 36.4 Å². The van der Waals surface area contributed by atoms with Crippen LogP contribution >= 0.6 is 12.2 Å². The molecule has 21 heavy (non-hydrogen) atoms. The maximum absolute atomic E-state index is 5.71. The predicted octanol–water partition coefficient (Wildman–Crippen LogP) is 4.11. The molecule has 0 fully saturated rings. The molecule has 2 aromatic rings. The minimum Gasteiger partial charge on any atom is -0.494 e. The van der Waals surface area contributed by atoms with E-state index in [0.717, 1.165) is 31.4 Å². The van der Waals surface area contributed by atoms with Gasteiger partial charge in [-0.1, -0.05) is 54.7 Å². The minimum absolute atomic E-state index is 0.584. The third kappa shape index (κ3) is 5.96. The van der Waals surface area contributed by atoms with E-state index in [4.69, 9.17) is 22.7 Å². The third-order valence-electron chi connectivity index (χ3n) is 3.26. The van der Waals surface area contributed by atoms with E-state index in [1.807, 2.05) is 18.2 Å². The number of unbranched alkanes of at least 4 members (excludes halogenated alkanes) is 1. The molecule has 0 bridgehead atoms. The van der Waals surface area contributed by atoms with Crippen LogP contribution in [0.5, 0.6) is 5.75 Å². The SMILES string of the molecule is NC(=S)CCCCOc1ccc(Cc2ccccc2)cc1. The van der Waals surface area contributed by atoms with Gasteiger partial charge < -0.3 is 10.5 Å². The zero-order valence-electron chi connectivity index (χ0n) is 12.1. The monoisotopic (exact) mass is 299 g/mol. The fourth-order valence-corrected chi connectivity index (χ4v) is 2.27. The Kier molecular flexibility index (Phi) is 6.22. The van der Waals surface area contributed by atoms with E-state index >= 15 is 0 Å². The summed E-state index contributed by atoms with van der Waals surface area (Å²) in [7, 11) is 0. The van der Waals surface area contributed by atoms with Crippen molar-refractivity contribution in [2.45, 2.75) is 25.7 Å². The molecule has 0 amide bonds. The first-order chi connectivity index (χ1) is 10.2. The first-order valence-electron chi connectivity index (χ1n) is 7.28. The lowest BCUT2D eigenvalue weighted by atomic mass is 10.1. The zero-order chi connectivity index (χ0) is 14.9. The van der Waals surface area contributed by atoms with Gasteiger partial charge in [0.15, 0.2) is 0 Å². The van der Waals surface area contributed by atoms with Gasteiger partial charge in [0, 0.05) is 0 Å². The average Bonchev–Trinajstić information content (AvgIpc) is 2.49. The van der Waals surface area contributed by atoms with Crippen molar-refractivity contribution in [1.29, 1.82) is 0 Å². The fourth-order valence-electron chi connectivity index (χ4n) is 2.13. The van der Waals surface area contributed by atoms with Gasteiger partial charge >= 0.3 is 0 Å². The summed E-state index contributed by atoms with van der Waals surface area (Å²) in [5.74, 6) is 0.919. The second kappa shape index (κ2) is 8.42. The Labute approximate surface area is 131 Å². The van der Waals surface area contributed by atoms with Crippen molar-refractivity contribution < 1.29 is 4.74 Å². The van der Waals surface area contributed by atoms with E-state index in [9.17, 15) is 0 Å². The minimum atomic E-state index is 0.584. The molecule has 0 unspecified atom stereocenters. The zero-order valence-corrected chi connectivity index (χ0v) is 12.9. The number of nitrogens with two attached hydrogens (primary N) is 1. The highest BCUT2D eigenvalue weighted by Gasteiger charge is 1.98. The molecule has 0 aromatic heterocycles. The lowest BCUT2D eigenvalue weighted by molar-refractivity contribution is 0.308. The van der Waals surface area contributed by atoms with Crippen molar-refractivity contribution in [1.82, 2.24) is 0 Å². The molecule has 2 N–H and O–H groups in total. The van der Waals surface area contributed by atoms with E-state index in [-0.39, 0.29) is 0 Å². The number of ether oxygens (including phenoxy) is 1. The van der Waals surface area contributed by atoms with Crippen LogP contribution in [0.2, 0.25) is 0 Å². The molecule has 0 heterocycles. The largest absolute Gasteiger partial charge is 0.494 e. The van der Waals surface area contributed by atoms with Gasteiger partial charge in [-0.3, -0.25) is 0 Å². The Bertz CT molecular complexity index is 551. The Morgan fingerprint density at radius 2 is 1.57 bits per heavy atom. The van der Waals surface area contributed by atoms with Gasteiger partial charge in [-0.2, -0.15) is 0 Å². The van der Waals surface area contributed by atoms with Gasteiger partial charge in [-0.25, -0.2) is 0 Å². The fraction of sp³-hybridized carbons (Fsp3) is 0.278. The van der Waals surface area contributed by atoms with E-state index < -0.39 is 0 Å². The number of rotatable bonds is 8. The van der Waals surface area contributed by atoms with E-state index in [1.165, 1.54) is 11.1 Å². The Balaban J connectivity index is 1.75. The summed E-state index contributed by atoms with van der Waals surface area (Å²) in [6.07, 6.45) is 3.72. The van der Waals surface area contributed by atoms with Gasteiger partial charge in [-0.15, -0.1) is 0 Å². The quantitative estimate of drug-likeness (QED) is 0.588. The van der Waals surface area contributed by atoms with Crippen LogP contribution in [0.25, 0.3) is 0 Å². The molecule has 0 aliphatic carbocycles. The second-order valence-electron chi connectivity index (χ2n) is 5.08. The van der Waals surface area contributed by atoms with Crippen LogP contribution in [0.4, 0.5) is 0 Å². The first kappa shape index (κ1) is 15.5. The smallest absolute Gasteiger partial charge is 0.119 e. The van der Waals surface area contributed by atoms with Crippen LogP contribution in [0, 0.1) is 0 Å². The lowest BCUT2D eigenvalue weighted by Gasteiger charge is -2.07. The van der Waals surface area contributed by atoms with Crippen LogP contribution in [-0.4, -0.2) is 11.6 Å². The van der Waals surface area contributed by atoms with Crippen molar-refractivity contribution >= 4 is 17.2 Å². The molecule has 2 aromatic carbocycles. The topological polar surface area (TPSA) is 35.2 Å². The number of benzene rings is 2. The number of hydrogen-bond donors (Lipinski definition) is 1. The van der Waals surface area contributed by atoms with Crippen LogP contribution in [-0.2, 0) is 6.42 Å². The maximum Gasteiger partial charge on any atom is 0.119 e. The van der Waals surface area contributed by atoms with Gasteiger partial charge in [0.2, 0.25) is 0 Å². The molecule has 110 valence electrons. The highest BCUT2D eigenvalue weighted by atomic mass is 32.1. The van der Waals surface area contributed by atoms with Crippen molar-refractivity contribution in [3.05, 3.63) is 65.7 Å². The van der Waals surface area contributed by atoms with Crippen LogP contribution in [0.1, 0.15) is 30.4 Å². The van der Waals surface area contributed by atoms with Crippen molar-refractivity contribution in [3.8, 4) is 5.75 Å². The average molecular weight is 299 g/mol. The molecule has 0 radical (unpaired) electrons. The third-order valence-corrected chi connectivity index (χ3v) is 3.46. The van der Waals surface area contributed by atoms with Crippen molar-refractivity contribution in [2.24, 2.45) is 5.73 Å². The Morgan fingerprint density at radius 3 is 2.24 bits per heavy atom. The van der Waals surface area contributed by atoms with Crippen LogP contribution in [0.3, 0.4) is 0 Å². The van der Waals surface area contributed by atoms with E-state index in [0.29, 0.717) is 11.6 Å². The Morgan fingerprint density at radius 1 is 0.905 bits per heavy atom. The molecule has 0 aliphatic heterocycles. The number of thiocarbonyl (C=S) groups is 1. The summed E-state index contributed by atoms with van der Waals surface area (Å²) in [6, 6.07) is 18.8. The van der Waals surface area contributed by atoms with Crippen LogP contribution < -0.4 is 10.5 Å². The van der Waals surface area contributed by atoms with Gasteiger partial charge in [0.05, 0.1) is 11.6 Å². The predicted molar refractivity (Wildman–Crippen MR) is 91.8 cm³/mol. The molecular weight excluding hydrogens is 278 g/mol. The molecule has 2 nitrogen and oxygen atoms in total. The molecule has 0 atom stereocenters. The summed E-state index contributed by atoms with van der Waals surface area (Å²) < 4.78 is 5.71. The molecule has 3 heteroatoms. The highest BCUT2D eigenvalue weighted by molar-refractivity contribution is 7.80. The lowest BCUT2D eigenvalue weighted by Crippen LogP contribution is -2.07. The molecule has 0 saturated carbocycles. The second-order valence-corrected chi connectivity index (χ2v) is 5.60. The number of hydrogen-bond acceptors (Lipinski definition) is 2. The van der Waals surface area contributed by atoms with Crippen molar-refractivity contribution in [2.75, 3.05) is 6.61 Å². The summed E-state index contributed by atoms with van der Waals surface area (Å²) in [5, 5.41) is 0. The summed E-state index contributed by atoms with van der Waals surface area (Å²) in [6.45, 7) is 0.709.